The van der Waals surface area contributed by atoms with Crippen LogP contribution < -0.4 is 5.73 Å². The molecule has 3 nitrogen and oxygen atoms in total. The van der Waals surface area contributed by atoms with Gasteiger partial charge in [0.25, 0.3) is 0 Å². The number of halogens is 1. The molecule has 18 heavy (non-hydrogen) atoms. The van der Waals surface area contributed by atoms with Gasteiger partial charge in [-0.05, 0) is 30.7 Å². The van der Waals surface area contributed by atoms with E-state index in [1.165, 1.54) is 0 Å². The SMILES string of the molecule is CC(N)C(Sc1ncccc1Cl)c1cccnc1. The molecule has 0 aliphatic rings. The van der Waals surface area contributed by atoms with Crippen LogP contribution in [0.25, 0.3) is 0 Å². The lowest BCUT2D eigenvalue weighted by molar-refractivity contribution is 0.718. The summed E-state index contributed by atoms with van der Waals surface area (Å²) in [6.45, 7) is 1.97. The molecule has 0 amide bonds. The molecule has 0 bridgehead atoms. The van der Waals surface area contributed by atoms with E-state index in [2.05, 4.69) is 9.97 Å². The Bertz CT molecular complexity index is 505. The quantitative estimate of drug-likeness (QED) is 0.873. The third kappa shape index (κ3) is 3.22. The molecule has 0 saturated carbocycles. The molecular formula is C13H14ClN3S. The summed E-state index contributed by atoms with van der Waals surface area (Å²) >= 11 is 7.69. The molecule has 0 saturated heterocycles. The van der Waals surface area contributed by atoms with Crippen molar-refractivity contribution >= 4 is 23.4 Å². The minimum Gasteiger partial charge on any atom is -0.327 e. The van der Waals surface area contributed by atoms with Crippen LogP contribution in [-0.2, 0) is 0 Å². The van der Waals surface area contributed by atoms with Crippen LogP contribution >= 0.6 is 23.4 Å². The summed E-state index contributed by atoms with van der Waals surface area (Å²) in [7, 11) is 0. The van der Waals surface area contributed by atoms with Crippen molar-refractivity contribution in [2.45, 2.75) is 23.2 Å². The summed E-state index contributed by atoms with van der Waals surface area (Å²) in [5.74, 6) is 0. The highest BCUT2D eigenvalue weighted by Crippen LogP contribution is 2.38. The van der Waals surface area contributed by atoms with Gasteiger partial charge in [-0.2, -0.15) is 0 Å². The molecular weight excluding hydrogens is 266 g/mol. The summed E-state index contributed by atoms with van der Waals surface area (Å²) in [6.07, 6.45) is 5.31. The van der Waals surface area contributed by atoms with Crippen molar-refractivity contribution in [3.05, 3.63) is 53.4 Å². The maximum absolute atomic E-state index is 6.12. The van der Waals surface area contributed by atoms with Crippen LogP contribution in [0.15, 0.2) is 47.9 Å². The lowest BCUT2D eigenvalue weighted by Gasteiger charge is -2.20. The Labute approximate surface area is 116 Å². The van der Waals surface area contributed by atoms with Crippen LogP contribution in [0.1, 0.15) is 17.7 Å². The normalized spacial score (nSPS) is 14.2. The largest absolute Gasteiger partial charge is 0.327 e. The number of thioether (sulfide) groups is 1. The second-order valence-electron chi connectivity index (χ2n) is 3.97. The number of pyridine rings is 2. The fourth-order valence-corrected chi connectivity index (χ4v) is 2.89. The Hall–Kier alpha value is -1.10. The van der Waals surface area contributed by atoms with Crippen LogP contribution in [0.5, 0.6) is 0 Å². The standard InChI is InChI=1S/C13H14ClN3S/c1-9(15)12(10-4-2-6-16-8-10)18-13-11(14)5-3-7-17-13/h2-9,12H,15H2,1H3. The van der Waals surface area contributed by atoms with E-state index in [1.54, 1.807) is 24.2 Å². The molecule has 0 fully saturated rings. The van der Waals surface area contributed by atoms with Gasteiger partial charge in [0.2, 0.25) is 0 Å². The van der Waals surface area contributed by atoms with Gasteiger partial charge in [0.1, 0.15) is 5.03 Å². The molecule has 5 heteroatoms. The molecule has 0 aromatic carbocycles. The number of rotatable bonds is 4. The molecule has 2 aromatic rings. The second-order valence-corrected chi connectivity index (χ2v) is 5.51. The van der Waals surface area contributed by atoms with E-state index in [0.717, 1.165) is 10.6 Å². The average Bonchev–Trinajstić information content (AvgIpc) is 2.38. The first-order valence-corrected chi connectivity index (χ1v) is 6.87. The van der Waals surface area contributed by atoms with Crippen LogP contribution in [-0.4, -0.2) is 16.0 Å². The van der Waals surface area contributed by atoms with E-state index in [-0.39, 0.29) is 11.3 Å². The van der Waals surface area contributed by atoms with Crippen molar-refractivity contribution in [2.75, 3.05) is 0 Å². The molecule has 0 spiro atoms. The third-order valence-corrected chi connectivity index (χ3v) is 4.37. The van der Waals surface area contributed by atoms with Crippen LogP contribution in [0, 0.1) is 0 Å². The average molecular weight is 280 g/mol. The summed E-state index contributed by atoms with van der Waals surface area (Å²) in [5.41, 5.74) is 7.13. The molecule has 2 unspecified atom stereocenters. The van der Waals surface area contributed by atoms with Gasteiger partial charge in [-0.3, -0.25) is 4.98 Å². The molecule has 0 aliphatic heterocycles. The predicted octanol–water partition coefficient (Wildman–Crippen LogP) is 3.31. The van der Waals surface area contributed by atoms with Crippen LogP contribution in [0.3, 0.4) is 0 Å². The molecule has 2 atom stereocenters. The van der Waals surface area contributed by atoms with Gasteiger partial charge >= 0.3 is 0 Å². The fraction of sp³-hybridized carbons (Fsp3) is 0.231. The smallest absolute Gasteiger partial charge is 0.115 e. The van der Waals surface area contributed by atoms with E-state index in [0.29, 0.717) is 5.02 Å². The zero-order valence-corrected chi connectivity index (χ0v) is 11.5. The van der Waals surface area contributed by atoms with Gasteiger partial charge in [0, 0.05) is 24.6 Å². The molecule has 2 heterocycles. The van der Waals surface area contributed by atoms with Crippen molar-refractivity contribution in [3.63, 3.8) is 0 Å². The van der Waals surface area contributed by atoms with Crippen molar-refractivity contribution in [1.29, 1.82) is 0 Å². The van der Waals surface area contributed by atoms with Crippen LogP contribution in [0.2, 0.25) is 5.02 Å². The topological polar surface area (TPSA) is 51.8 Å². The lowest BCUT2D eigenvalue weighted by Crippen LogP contribution is -2.22. The number of aromatic nitrogens is 2. The molecule has 2 rings (SSSR count). The first-order valence-electron chi connectivity index (χ1n) is 5.61. The minimum atomic E-state index is -0.0164. The lowest BCUT2D eigenvalue weighted by atomic mass is 10.1. The van der Waals surface area contributed by atoms with E-state index in [9.17, 15) is 0 Å². The van der Waals surface area contributed by atoms with Crippen molar-refractivity contribution in [3.8, 4) is 0 Å². The van der Waals surface area contributed by atoms with Gasteiger partial charge in [-0.25, -0.2) is 4.98 Å². The zero-order valence-electron chi connectivity index (χ0n) is 9.95. The van der Waals surface area contributed by atoms with E-state index < -0.39 is 0 Å². The van der Waals surface area contributed by atoms with Crippen molar-refractivity contribution in [2.24, 2.45) is 5.73 Å². The van der Waals surface area contributed by atoms with Gasteiger partial charge < -0.3 is 5.73 Å². The Morgan fingerprint density at radius 2 is 2.06 bits per heavy atom. The number of nitrogens with zero attached hydrogens (tertiary/aromatic N) is 2. The summed E-state index contributed by atoms with van der Waals surface area (Å²) in [6, 6.07) is 7.56. The second kappa shape index (κ2) is 6.18. The maximum Gasteiger partial charge on any atom is 0.115 e. The summed E-state index contributed by atoms with van der Waals surface area (Å²) in [4.78, 5) is 8.41. The molecule has 2 N–H and O–H groups in total. The van der Waals surface area contributed by atoms with E-state index >= 15 is 0 Å². The zero-order chi connectivity index (χ0) is 13.0. The van der Waals surface area contributed by atoms with E-state index in [1.807, 2.05) is 37.4 Å². The minimum absolute atomic E-state index is 0.0164. The fourth-order valence-electron chi connectivity index (χ4n) is 1.60. The Balaban J connectivity index is 2.26. The van der Waals surface area contributed by atoms with Gasteiger partial charge in [0.05, 0.1) is 10.3 Å². The Kier molecular flexibility index (Phi) is 4.58. The number of nitrogens with two attached hydrogens (primary N) is 1. The van der Waals surface area contributed by atoms with Crippen molar-refractivity contribution < 1.29 is 0 Å². The third-order valence-electron chi connectivity index (χ3n) is 2.45. The molecule has 2 aromatic heterocycles. The molecule has 0 radical (unpaired) electrons. The Morgan fingerprint density at radius 3 is 2.67 bits per heavy atom. The first kappa shape index (κ1) is 13.3. The highest BCUT2D eigenvalue weighted by molar-refractivity contribution is 7.99. The van der Waals surface area contributed by atoms with Gasteiger partial charge in [0.15, 0.2) is 0 Å². The monoisotopic (exact) mass is 279 g/mol. The van der Waals surface area contributed by atoms with E-state index in [4.69, 9.17) is 17.3 Å². The van der Waals surface area contributed by atoms with Crippen molar-refractivity contribution in [1.82, 2.24) is 9.97 Å². The molecule has 0 aliphatic carbocycles. The summed E-state index contributed by atoms with van der Waals surface area (Å²) < 4.78 is 0. The number of hydrogen-bond acceptors (Lipinski definition) is 4. The highest BCUT2D eigenvalue weighted by Gasteiger charge is 2.19. The predicted molar refractivity (Wildman–Crippen MR) is 75.7 cm³/mol. The first-order chi connectivity index (χ1) is 8.68. The maximum atomic E-state index is 6.12. The van der Waals surface area contributed by atoms with Crippen LogP contribution in [0.4, 0.5) is 0 Å². The number of hydrogen-bond donors (Lipinski definition) is 1. The summed E-state index contributed by atoms with van der Waals surface area (Å²) in [5, 5.41) is 1.54. The molecule has 94 valence electrons. The highest BCUT2D eigenvalue weighted by atomic mass is 35.5. The van der Waals surface area contributed by atoms with Gasteiger partial charge in [-0.1, -0.05) is 29.4 Å². The Morgan fingerprint density at radius 1 is 1.28 bits per heavy atom. The van der Waals surface area contributed by atoms with Gasteiger partial charge in [-0.15, -0.1) is 0 Å².